The van der Waals surface area contributed by atoms with Crippen LogP contribution >= 0.6 is 0 Å². The molecule has 4 rings (SSSR count). The van der Waals surface area contributed by atoms with Crippen molar-refractivity contribution in [3.8, 4) is 0 Å². The van der Waals surface area contributed by atoms with Crippen molar-refractivity contribution < 1.29 is 4.79 Å². The summed E-state index contributed by atoms with van der Waals surface area (Å²) in [5.74, 6) is -0.269. The summed E-state index contributed by atoms with van der Waals surface area (Å²) in [7, 11) is 0. The molecular formula is C19H18N6O2. The summed E-state index contributed by atoms with van der Waals surface area (Å²) >= 11 is 0. The van der Waals surface area contributed by atoms with Crippen LogP contribution in [0.4, 0.5) is 0 Å². The first kappa shape index (κ1) is 16.8. The van der Waals surface area contributed by atoms with E-state index in [9.17, 15) is 9.59 Å². The monoisotopic (exact) mass is 362 g/mol. The van der Waals surface area contributed by atoms with Crippen molar-refractivity contribution in [1.29, 1.82) is 0 Å². The second-order valence-electron chi connectivity index (χ2n) is 6.12. The fraction of sp³-hybridized carbons (Fsp3) is 0.158. The molecule has 8 heteroatoms. The largest absolute Gasteiger partial charge is 0.350 e. The smallest absolute Gasteiger partial charge is 0.350 e. The number of hydrogen-bond acceptors (Lipinski definition) is 4. The Morgan fingerprint density at radius 2 is 1.81 bits per heavy atom. The van der Waals surface area contributed by atoms with E-state index >= 15 is 0 Å². The van der Waals surface area contributed by atoms with E-state index in [0.717, 1.165) is 11.1 Å². The molecule has 0 aliphatic rings. The number of amides is 1. The summed E-state index contributed by atoms with van der Waals surface area (Å²) < 4.78 is 4.41. The number of benzene rings is 1. The number of hydrogen-bond donors (Lipinski definition) is 1. The molecule has 0 saturated heterocycles. The number of pyridine rings is 1. The molecule has 3 heterocycles. The lowest BCUT2D eigenvalue weighted by molar-refractivity contribution is -0.122. The van der Waals surface area contributed by atoms with Crippen molar-refractivity contribution in [1.82, 2.24) is 29.3 Å². The normalized spacial score (nSPS) is 11.0. The molecule has 0 unspecified atom stereocenters. The molecule has 0 radical (unpaired) electrons. The highest BCUT2D eigenvalue weighted by molar-refractivity contribution is 5.75. The average Bonchev–Trinajstić information content (AvgIpc) is 3.30. The van der Waals surface area contributed by atoms with E-state index in [1.165, 1.54) is 9.08 Å². The zero-order valence-corrected chi connectivity index (χ0v) is 14.5. The molecule has 0 atom stereocenters. The number of carbonyl (C=O) groups is 1. The van der Waals surface area contributed by atoms with Crippen molar-refractivity contribution in [2.45, 2.75) is 19.6 Å². The second-order valence-corrected chi connectivity index (χ2v) is 6.12. The number of nitrogens with zero attached hydrogens (tertiary/aromatic N) is 5. The molecule has 0 spiro atoms. The first-order valence-corrected chi connectivity index (χ1v) is 8.56. The molecule has 136 valence electrons. The molecule has 1 aromatic carbocycles. The van der Waals surface area contributed by atoms with Crippen molar-refractivity contribution in [2.75, 3.05) is 0 Å². The predicted molar refractivity (Wildman–Crippen MR) is 99.1 cm³/mol. The molecule has 27 heavy (non-hydrogen) atoms. The van der Waals surface area contributed by atoms with Crippen molar-refractivity contribution in [3.63, 3.8) is 0 Å². The molecule has 0 bridgehead atoms. The molecule has 0 aliphatic heterocycles. The molecule has 3 aromatic heterocycles. The zero-order chi connectivity index (χ0) is 18.6. The van der Waals surface area contributed by atoms with Crippen LogP contribution in [0.1, 0.15) is 11.1 Å². The predicted octanol–water partition coefficient (Wildman–Crippen LogP) is 1.06. The molecule has 1 amide bonds. The van der Waals surface area contributed by atoms with Gasteiger partial charge in [-0.3, -0.25) is 13.9 Å². The van der Waals surface area contributed by atoms with E-state index in [0.29, 0.717) is 18.7 Å². The van der Waals surface area contributed by atoms with Crippen LogP contribution < -0.4 is 11.0 Å². The summed E-state index contributed by atoms with van der Waals surface area (Å²) in [6.07, 6.45) is 5.26. The Labute approximate surface area is 154 Å². The topological polar surface area (TPSA) is 86.2 Å². The lowest BCUT2D eigenvalue weighted by atomic mass is 10.1. The van der Waals surface area contributed by atoms with Gasteiger partial charge in [-0.15, -0.1) is 5.10 Å². The van der Waals surface area contributed by atoms with Crippen molar-refractivity contribution >= 4 is 11.6 Å². The van der Waals surface area contributed by atoms with Gasteiger partial charge in [-0.1, -0.05) is 30.3 Å². The van der Waals surface area contributed by atoms with Crippen LogP contribution in [0.2, 0.25) is 0 Å². The van der Waals surface area contributed by atoms with Crippen LogP contribution in [0, 0.1) is 0 Å². The van der Waals surface area contributed by atoms with Gasteiger partial charge in [-0.2, -0.15) is 5.10 Å². The summed E-state index contributed by atoms with van der Waals surface area (Å²) in [5, 5.41) is 11.2. The Balaban J connectivity index is 1.43. The number of aromatic nitrogens is 5. The highest BCUT2D eigenvalue weighted by Gasteiger charge is 2.11. The van der Waals surface area contributed by atoms with Crippen LogP contribution in [0.5, 0.6) is 0 Å². The van der Waals surface area contributed by atoms with Gasteiger partial charge in [-0.25, -0.2) is 9.48 Å². The molecule has 1 N–H and O–H groups in total. The van der Waals surface area contributed by atoms with E-state index in [2.05, 4.69) is 15.5 Å². The lowest BCUT2D eigenvalue weighted by Gasteiger charge is -2.11. The quantitative estimate of drug-likeness (QED) is 0.556. The van der Waals surface area contributed by atoms with E-state index in [4.69, 9.17) is 0 Å². The molecule has 4 aromatic rings. The van der Waals surface area contributed by atoms with E-state index in [1.54, 1.807) is 30.6 Å². The van der Waals surface area contributed by atoms with Crippen LogP contribution in [0.15, 0.2) is 71.9 Å². The molecule has 0 aliphatic carbocycles. The van der Waals surface area contributed by atoms with Gasteiger partial charge in [0.2, 0.25) is 5.91 Å². The first-order valence-electron chi connectivity index (χ1n) is 8.56. The highest BCUT2D eigenvalue weighted by atomic mass is 16.2. The van der Waals surface area contributed by atoms with Gasteiger partial charge < -0.3 is 5.32 Å². The Kier molecular flexibility index (Phi) is 4.52. The molecule has 0 fully saturated rings. The van der Waals surface area contributed by atoms with Gasteiger partial charge in [0.05, 0.1) is 6.54 Å². The zero-order valence-electron chi connectivity index (χ0n) is 14.5. The fourth-order valence-corrected chi connectivity index (χ4v) is 2.91. The number of nitrogens with one attached hydrogen (secondary N) is 1. The first-order chi connectivity index (χ1) is 13.2. The Bertz CT molecular complexity index is 1130. The van der Waals surface area contributed by atoms with Crippen molar-refractivity contribution in [2.24, 2.45) is 0 Å². The highest BCUT2D eigenvalue weighted by Crippen LogP contribution is 2.10. The Morgan fingerprint density at radius 1 is 1.00 bits per heavy atom. The van der Waals surface area contributed by atoms with Crippen molar-refractivity contribution in [3.05, 3.63) is 88.7 Å². The molecule has 8 nitrogen and oxygen atoms in total. The maximum atomic E-state index is 12.3. The minimum absolute atomic E-state index is 0.123. The minimum Gasteiger partial charge on any atom is -0.350 e. The number of fused-ring (bicyclic) bond motifs is 1. The third-order valence-electron chi connectivity index (χ3n) is 4.27. The summed E-state index contributed by atoms with van der Waals surface area (Å²) in [5.41, 5.74) is 2.26. The van der Waals surface area contributed by atoms with E-state index < -0.39 is 0 Å². The van der Waals surface area contributed by atoms with Gasteiger partial charge in [-0.05, 0) is 29.3 Å². The SMILES string of the molecule is O=C(Cn1nc2ccccn2c1=O)NCc1ccccc1Cn1cccn1. The summed E-state index contributed by atoms with van der Waals surface area (Å²) in [6.45, 7) is 0.880. The maximum absolute atomic E-state index is 12.3. The minimum atomic E-state index is -0.333. The van der Waals surface area contributed by atoms with Gasteiger partial charge >= 0.3 is 5.69 Å². The standard InChI is InChI=1S/C19H18N6O2/c26-18(14-25-19(27)24-11-4-3-8-17(24)22-25)20-12-15-6-1-2-7-16(15)13-23-10-5-9-21-23/h1-11H,12-14H2,(H,20,26). The van der Waals surface area contributed by atoms with Gasteiger partial charge in [0.25, 0.3) is 0 Å². The van der Waals surface area contributed by atoms with Crippen LogP contribution in [0.25, 0.3) is 5.65 Å². The van der Waals surface area contributed by atoms with Gasteiger partial charge in [0, 0.05) is 25.1 Å². The third-order valence-corrected chi connectivity index (χ3v) is 4.27. The number of carbonyl (C=O) groups excluding carboxylic acids is 1. The average molecular weight is 362 g/mol. The van der Waals surface area contributed by atoms with Gasteiger partial charge in [0.15, 0.2) is 5.65 Å². The lowest BCUT2D eigenvalue weighted by Crippen LogP contribution is -2.32. The van der Waals surface area contributed by atoms with Crippen LogP contribution in [-0.4, -0.2) is 29.9 Å². The Hall–Kier alpha value is -3.68. The van der Waals surface area contributed by atoms with E-state index in [1.807, 2.05) is 41.2 Å². The molecule has 0 saturated carbocycles. The Morgan fingerprint density at radius 3 is 2.59 bits per heavy atom. The number of rotatable bonds is 6. The maximum Gasteiger partial charge on any atom is 0.350 e. The van der Waals surface area contributed by atoms with Crippen LogP contribution in [0.3, 0.4) is 0 Å². The molecular weight excluding hydrogens is 344 g/mol. The summed E-state index contributed by atoms with van der Waals surface area (Å²) in [6, 6.07) is 15.0. The fourth-order valence-electron chi connectivity index (χ4n) is 2.91. The second kappa shape index (κ2) is 7.28. The summed E-state index contributed by atoms with van der Waals surface area (Å²) in [4.78, 5) is 24.5. The third kappa shape index (κ3) is 3.64. The van der Waals surface area contributed by atoms with Crippen LogP contribution in [-0.2, 0) is 24.4 Å². The van der Waals surface area contributed by atoms with Gasteiger partial charge in [0.1, 0.15) is 6.54 Å². The van der Waals surface area contributed by atoms with E-state index in [-0.39, 0.29) is 18.1 Å².